The van der Waals surface area contributed by atoms with Crippen LogP contribution in [-0.4, -0.2) is 22.9 Å². The number of carbonyl (C=O) groups excluding carboxylic acids is 2. The number of halogens is 1. The normalized spacial score (nSPS) is 17.8. The molecule has 3 aromatic carbocycles. The van der Waals surface area contributed by atoms with Crippen LogP contribution >= 0.6 is 15.9 Å². The third kappa shape index (κ3) is 4.18. The van der Waals surface area contributed by atoms with Gasteiger partial charge in [0.25, 0.3) is 11.7 Å². The fourth-order valence-corrected chi connectivity index (χ4v) is 4.03. The lowest BCUT2D eigenvalue weighted by Crippen LogP contribution is -2.29. The topological polar surface area (TPSA) is 66.8 Å². The summed E-state index contributed by atoms with van der Waals surface area (Å²) in [5.41, 5.74) is 1.80. The number of amides is 1. The molecule has 0 spiro atoms. The summed E-state index contributed by atoms with van der Waals surface area (Å²) in [6.45, 7) is 3.87. The molecule has 1 aliphatic rings. The second-order valence-corrected chi connectivity index (χ2v) is 8.66. The number of hydrogen-bond acceptors (Lipinski definition) is 4. The van der Waals surface area contributed by atoms with E-state index in [1.165, 1.54) is 4.90 Å². The second kappa shape index (κ2) is 9.01. The largest absolute Gasteiger partial charge is 0.507 e. The first kappa shape index (κ1) is 21.8. The minimum atomic E-state index is -0.753. The Kier molecular flexibility index (Phi) is 6.15. The first-order chi connectivity index (χ1) is 15.4. The zero-order valence-electron chi connectivity index (χ0n) is 17.7. The summed E-state index contributed by atoms with van der Waals surface area (Å²) >= 11 is 3.37. The van der Waals surface area contributed by atoms with E-state index in [1.807, 2.05) is 44.2 Å². The third-order valence-electron chi connectivity index (χ3n) is 5.16. The van der Waals surface area contributed by atoms with Crippen LogP contribution < -0.4 is 9.64 Å². The molecule has 1 heterocycles. The summed E-state index contributed by atoms with van der Waals surface area (Å²) in [6, 6.07) is 22.5. The highest BCUT2D eigenvalue weighted by atomic mass is 79.9. The SMILES string of the molecule is CC(C)Oc1ccc(N2C(=O)C(=O)/C(=C(/O)c3ccc(Br)cc3)C2c2ccccc2)cc1. The van der Waals surface area contributed by atoms with Crippen molar-refractivity contribution in [3.05, 3.63) is 100 Å². The molecule has 162 valence electrons. The maximum absolute atomic E-state index is 13.1. The Morgan fingerprint density at radius 3 is 2.16 bits per heavy atom. The van der Waals surface area contributed by atoms with Crippen molar-refractivity contribution in [3.8, 4) is 5.75 Å². The molecule has 1 amide bonds. The molecule has 0 aromatic heterocycles. The van der Waals surface area contributed by atoms with E-state index in [0.717, 1.165) is 10.0 Å². The fraction of sp³-hybridized carbons (Fsp3) is 0.154. The van der Waals surface area contributed by atoms with Crippen molar-refractivity contribution in [1.29, 1.82) is 0 Å². The molecule has 1 atom stereocenters. The fourth-order valence-electron chi connectivity index (χ4n) is 3.77. The number of rotatable bonds is 5. The van der Waals surface area contributed by atoms with Crippen molar-refractivity contribution in [1.82, 2.24) is 0 Å². The van der Waals surface area contributed by atoms with Gasteiger partial charge in [-0.2, -0.15) is 0 Å². The van der Waals surface area contributed by atoms with Gasteiger partial charge in [-0.25, -0.2) is 0 Å². The van der Waals surface area contributed by atoms with Gasteiger partial charge in [0.05, 0.1) is 17.7 Å². The molecule has 0 bridgehead atoms. The van der Waals surface area contributed by atoms with Gasteiger partial charge in [0.1, 0.15) is 11.5 Å². The summed E-state index contributed by atoms with van der Waals surface area (Å²) in [7, 11) is 0. The number of hydrogen-bond donors (Lipinski definition) is 1. The lowest BCUT2D eigenvalue weighted by Gasteiger charge is -2.25. The molecule has 0 aliphatic carbocycles. The van der Waals surface area contributed by atoms with Gasteiger partial charge < -0.3 is 9.84 Å². The number of carbonyl (C=O) groups is 2. The molecule has 3 aromatic rings. The van der Waals surface area contributed by atoms with Crippen LogP contribution in [0.25, 0.3) is 5.76 Å². The quantitative estimate of drug-likeness (QED) is 0.275. The van der Waals surface area contributed by atoms with E-state index in [1.54, 1.807) is 48.5 Å². The Morgan fingerprint density at radius 2 is 1.56 bits per heavy atom. The highest BCUT2D eigenvalue weighted by Crippen LogP contribution is 2.42. The summed E-state index contributed by atoms with van der Waals surface area (Å²) in [6.07, 6.45) is 0.0188. The number of ketones is 1. The zero-order valence-corrected chi connectivity index (χ0v) is 19.2. The summed E-state index contributed by atoms with van der Waals surface area (Å²) in [5.74, 6) is -0.935. The number of ether oxygens (including phenoxy) is 1. The Hall–Kier alpha value is -3.38. The maximum atomic E-state index is 13.1. The minimum Gasteiger partial charge on any atom is -0.507 e. The first-order valence-electron chi connectivity index (χ1n) is 10.3. The number of benzene rings is 3. The Bertz CT molecular complexity index is 1170. The Balaban J connectivity index is 1.85. The average molecular weight is 492 g/mol. The van der Waals surface area contributed by atoms with Gasteiger partial charge in [0.2, 0.25) is 0 Å². The lowest BCUT2D eigenvalue weighted by atomic mass is 9.95. The molecule has 1 N–H and O–H groups in total. The second-order valence-electron chi connectivity index (χ2n) is 7.75. The highest BCUT2D eigenvalue weighted by molar-refractivity contribution is 9.10. The van der Waals surface area contributed by atoms with Gasteiger partial charge in [-0.1, -0.05) is 58.4 Å². The van der Waals surface area contributed by atoms with E-state index in [4.69, 9.17) is 4.74 Å². The van der Waals surface area contributed by atoms with Gasteiger partial charge in [0, 0.05) is 15.7 Å². The van der Waals surface area contributed by atoms with E-state index in [0.29, 0.717) is 17.0 Å². The van der Waals surface area contributed by atoms with Crippen molar-refractivity contribution in [2.45, 2.75) is 26.0 Å². The zero-order chi connectivity index (χ0) is 22.8. The van der Waals surface area contributed by atoms with Crippen LogP contribution in [0.3, 0.4) is 0 Å². The predicted molar refractivity (Wildman–Crippen MR) is 128 cm³/mol. The van der Waals surface area contributed by atoms with Crippen LogP contribution in [0.15, 0.2) is 88.9 Å². The molecule has 1 unspecified atom stereocenters. The molecular weight excluding hydrogens is 470 g/mol. The molecule has 4 rings (SSSR count). The molecule has 1 fully saturated rings. The predicted octanol–water partition coefficient (Wildman–Crippen LogP) is 5.86. The third-order valence-corrected chi connectivity index (χ3v) is 5.69. The van der Waals surface area contributed by atoms with Crippen molar-refractivity contribution in [2.24, 2.45) is 0 Å². The molecule has 6 heteroatoms. The first-order valence-corrected chi connectivity index (χ1v) is 11.0. The molecule has 1 aliphatic heterocycles. The number of aliphatic hydroxyl groups excluding tert-OH is 1. The van der Waals surface area contributed by atoms with Crippen molar-refractivity contribution < 1.29 is 19.4 Å². The molecular formula is C26H22BrNO4. The van der Waals surface area contributed by atoms with Gasteiger partial charge in [-0.3, -0.25) is 14.5 Å². The van der Waals surface area contributed by atoms with Crippen molar-refractivity contribution in [2.75, 3.05) is 4.90 Å². The maximum Gasteiger partial charge on any atom is 0.300 e. The number of aliphatic hydroxyl groups is 1. The van der Waals surface area contributed by atoms with Crippen molar-refractivity contribution >= 4 is 39.1 Å². The summed E-state index contributed by atoms with van der Waals surface area (Å²) < 4.78 is 6.54. The van der Waals surface area contributed by atoms with E-state index < -0.39 is 17.7 Å². The van der Waals surface area contributed by atoms with Gasteiger partial charge in [0.15, 0.2) is 0 Å². The number of anilines is 1. The smallest absolute Gasteiger partial charge is 0.300 e. The van der Waals surface area contributed by atoms with E-state index in [9.17, 15) is 14.7 Å². The lowest BCUT2D eigenvalue weighted by molar-refractivity contribution is -0.132. The molecule has 0 saturated carbocycles. The van der Waals surface area contributed by atoms with Crippen LogP contribution in [0.4, 0.5) is 5.69 Å². The molecule has 5 nitrogen and oxygen atoms in total. The Labute approximate surface area is 195 Å². The summed E-state index contributed by atoms with van der Waals surface area (Å²) in [4.78, 5) is 27.7. The molecule has 0 radical (unpaired) electrons. The monoisotopic (exact) mass is 491 g/mol. The van der Waals surface area contributed by atoms with E-state index >= 15 is 0 Å². The Morgan fingerprint density at radius 1 is 0.938 bits per heavy atom. The van der Waals surface area contributed by atoms with Gasteiger partial charge in [-0.05, 0) is 55.8 Å². The molecule has 1 saturated heterocycles. The average Bonchev–Trinajstić information content (AvgIpc) is 3.05. The summed E-state index contributed by atoms with van der Waals surface area (Å²) in [5, 5.41) is 11.1. The van der Waals surface area contributed by atoms with E-state index in [2.05, 4.69) is 15.9 Å². The van der Waals surface area contributed by atoms with Gasteiger partial charge in [-0.15, -0.1) is 0 Å². The van der Waals surface area contributed by atoms with E-state index in [-0.39, 0.29) is 17.4 Å². The van der Waals surface area contributed by atoms with Crippen LogP contribution in [0.2, 0.25) is 0 Å². The van der Waals surface area contributed by atoms with Crippen LogP contribution in [0.5, 0.6) is 5.75 Å². The standard InChI is InChI=1S/C26H22BrNO4/c1-16(2)32-21-14-12-20(13-15-21)28-23(17-6-4-3-5-7-17)22(25(30)26(28)31)24(29)18-8-10-19(27)11-9-18/h3-16,23,29H,1-2H3/b24-22+. The highest BCUT2D eigenvalue weighted by Gasteiger charge is 2.46. The number of Topliss-reactive ketones (excluding diaryl/α,β-unsaturated/α-hetero) is 1. The van der Waals surface area contributed by atoms with Crippen LogP contribution in [0.1, 0.15) is 31.0 Å². The van der Waals surface area contributed by atoms with Gasteiger partial charge >= 0.3 is 0 Å². The molecule has 32 heavy (non-hydrogen) atoms. The van der Waals surface area contributed by atoms with Crippen LogP contribution in [0, 0.1) is 0 Å². The number of nitrogens with zero attached hydrogens (tertiary/aromatic N) is 1. The van der Waals surface area contributed by atoms with Crippen molar-refractivity contribution in [3.63, 3.8) is 0 Å². The minimum absolute atomic E-state index is 0.0188. The van der Waals surface area contributed by atoms with Crippen LogP contribution in [-0.2, 0) is 9.59 Å².